The van der Waals surface area contributed by atoms with Crippen molar-refractivity contribution in [1.29, 1.82) is 0 Å². The van der Waals surface area contributed by atoms with Crippen molar-refractivity contribution in [3.63, 3.8) is 0 Å². The van der Waals surface area contributed by atoms with Crippen LogP contribution in [0.15, 0.2) is 42.5 Å². The van der Waals surface area contributed by atoms with E-state index in [-0.39, 0.29) is 0 Å². The van der Waals surface area contributed by atoms with Crippen LogP contribution in [0.3, 0.4) is 0 Å². The lowest BCUT2D eigenvalue weighted by molar-refractivity contribution is 0.414. The number of thiocarbonyl (C=S) groups is 1. The van der Waals surface area contributed by atoms with Crippen molar-refractivity contribution in [3.05, 3.63) is 53.7 Å². The number of benzene rings is 1. The van der Waals surface area contributed by atoms with Gasteiger partial charge in [0.1, 0.15) is 11.6 Å². The number of aromatic nitrogens is 1. The molecule has 1 aromatic carbocycles. The monoisotopic (exact) mass is 315 g/mol. The largest absolute Gasteiger partial charge is 0.497 e. The van der Waals surface area contributed by atoms with Gasteiger partial charge in [0.05, 0.1) is 7.11 Å². The molecule has 2 rings (SSSR count). The minimum atomic E-state index is 0.601. The number of pyridine rings is 1. The molecule has 2 aromatic rings. The first-order valence-electron chi connectivity index (χ1n) is 7.29. The van der Waals surface area contributed by atoms with Gasteiger partial charge in [-0.25, -0.2) is 4.98 Å². The lowest BCUT2D eigenvalue weighted by Gasteiger charge is -2.10. The average molecular weight is 315 g/mol. The first kappa shape index (κ1) is 16.2. The number of hydrogen-bond acceptors (Lipinski definition) is 3. The van der Waals surface area contributed by atoms with E-state index in [0.717, 1.165) is 36.6 Å². The van der Waals surface area contributed by atoms with Crippen LogP contribution < -0.4 is 15.4 Å². The predicted molar refractivity (Wildman–Crippen MR) is 94.5 cm³/mol. The lowest BCUT2D eigenvalue weighted by Crippen LogP contribution is -2.29. The number of methoxy groups -OCH3 is 1. The summed E-state index contributed by atoms with van der Waals surface area (Å²) in [5, 5.41) is 6.89. The standard InChI is InChI=1S/C17H21N3OS/c1-13-6-3-10-16(19-13)20-17(22)18-11-5-8-14-7-4-9-15(12-14)21-2/h3-4,6-7,9-10,12H,5,8,11H2,1-2H3,(H2,18,19,20,22). The Morgan fingerprint density at radius 1 is 1.23 bits per heavy atom. The maximum atomic E-state index is 5.27. The Kier molecular flexibility index (Phi) is 6.15. The van der Waals surface area contributed by atoms with Gasteiger partial charge in [-0.05, 0) is 61.8 Å². The first-order valence-corrected chi connectivity index (χ1v) is 7.69. The molecule has 0 aliphatic heterocycles. The van der Waals surface area contributed by atoms with Crippen LogP contribution in [0.2, 0.25) is 0 Å². The van der Waals surface area contributed by atoms with Gasteiger partial charge in [-0.1, -0.05) is 18.2 Å². The van der Waals surface area contributed by atoms with Crippen molar-refractivity contribution in [2.45, 2.75) is 19.8 Å². The minimum Gasteiger partial charge on any atom is -0.497 e. The molecular weight excluding hydrogens is 294 g/mol. The third kappa shape index (κ3) is 5.33. The van der Waals surface area contributed by atoms with Gasteiger partial charge in [0.25, 0.3) is 0 Å². The van der Waals surface area contributed by atoms with E-state index in [1.807, 2.05) is 37.3 Å². The number of ether oxygens (including phenoxy) is 1. The third-order valence-corrected chi connectivity index (χ3v) is 3.44. The zero-order valence-electron chi connectivity index (χ0n) is 12.9. The second-order valence-corrected chi connectivity index (χ2v) is 5.41. The van der Waals surface area contributed by atoms with Gasteiger partial charge in [-0.15, -0.1) is 0 Å². The molecule has 0 unspecified atom stereocenters. The summed E-state index contributed by atoms with van der Waals surface area (Å²) in [4.78, 5) is 4.36. The van der Waals surface area contributed by atoms with Crippen LogP contribution in [0.1, 0.15) is 17.7 Å². The number of rotatable bonds is 6. The Hall–Kier alpha value is -2.14. The third-order valence-electron chi connectivity index (χ3n) is 3.19. The number of nitrogens with zero attached hydrogens (tertiary/aromatic N) is 1. The molecule has 0 saturated carbocycles. The maximum absolute atomic E-state index is 5.27. The van der Waals surface area contributed by atoms with E-state index < -0.39 is 0 Å². The molecule has 0 fully saturated rings. The van der Waals surface area contributed by atoms with Crippen molar-refractivity contribution in [3.8, 4) is 5.75 Å². The van der Waals surface area contributed by atoms with Gasteiger partial charge in [0.2, 0.25) is 0 Å². The maximum Gasteiger partial charge on any atom is 0.171 e. The highest BCUT2D eigenvalue weighted by molar-refractivity contribution is 7.80. The number of nitrogens with one attached hydrogen (secondary N) is 2. The van der Waals surface area contributed by atoms with Crippen LogP contribution in [0.25, 0.3) is 0 Å². The second-order valence-electron chi connectivity index (χ2n) is 5.00. The van der Waals surface area contributed by atoms with Gasteiger partial charge >= 0.3 is 0 Å². The predicted octanol–water partition coefficient (Wildman–Crippen LogP) is 3.32. The van der Waals surface area contributed by atoms with E-state index in [1.54, 1.807) is 7.11 Å². The molecule has 2 N–H and O–H groups in total. The summed E-state index contributed by atoms with van der Waals surface area (Å²) in [5.74, 6) is 1.67. The van der Waals surface area contributed by atoms with Crippen LogP contribution in [0.5, 0.6) is 5.75 Å². The smallest absolute Gasteiger partial charge is 0.171 e. The topological polar surface area (TPSA) is 46.2 Å². The molecule has 4 nitrogen and oxygen atoms in total. The molecule has 0 atom stereocenters. The summed E-state index contributed by atoms with van der Waals surface area (Å²) in [6.45, 7) is 2.77. The van der Waals surface area contributed by atoms with Crippen LogP contribution in [-0.4, -0.2) is 23.8 Å². The van der Waals surface area contributed by atoms with E-state index in [0.29, 0.717) is 5.11 Å². The summed E-state index contributed by atoms with van der Waals surface area (Å²) in [7, 11) is 1.68. The van der Waals surface area contributed by atoms with Crippen molar-refractivity contribution < 1.29 is 4.74 Å². The number of aryl methyl sites for hydroxylation is 2. The molecule has 0 radical (unpaired) electrons. The molecule has 1 heterocycles. The molecule has 0 aliphatic rings. The Morgan fingerprint density at radius 2 is 2.05 bits per heavy atom. The number of anilines is 1. The highest BCUT2D eigenvalue weighted by Gasteiger charge is 2.00. The first-order chi connectivity index (χ1) is 10.7. The fraction of sp³-hybridized carbons (Fsp3) is 0.294. The average Bonchev–Trinajstić information content (AvgIpc) is 2.52. The quantitative estimate of drug-likeness (QED) is 0.632. The van der Waals surface area contributed by atoms with E-state index in [2.05, 4.69) is 27.8 Å². The Balaban J connectivity index is 1.70. The van der Waals surface area contributed by atoms with Crippen LogP contribution >= 0.6 is 12.2 Å². The molecule has 22 heavy (non-hydrogen) atoms. The summed E-state index contributed by atoms with van der Waals surface area (Å²) in [6, 6.07) is 13.9. The molecule has 5 heteroatoms. The lowest BCUT2D eigenvalue weighted by atomic mass is 10.1. The van der Waals surface area contributed by atoms with E-state index in [1.165, 1.54) is 5.56 Å². The van der Waals surface area contributed by atoms with Crippen molar-refractivity contribution in [1.82, 2.24) is 10.3 Å². The zero-order valence-corrected chi connectivity index (χ0v) is 13.7. The Labute approximate surface area is 136 Å². The van der Waals surface area contributed by atoms with Gasteiger partial charge in [0.15, 0.2) is 5.11 Å². The summed E-state index contributed by atoms with van der Waals surface area (Å²) >= 11 is 5.27. The zero-order chi connectivity index (χ0) is 15.8. The fourth-order valence-electron chi connectivity index (χ4n) is 2.10. The molecule has 0 aliphatic carbocycles. The van der Waals surface area contributed by atoms with Gasteiger partial charge in [0, 0.05) is 12.2 Å². The van der Waals surface area contributed by atoms with Gasteiger partial charge < -0.3 is 15.4 Å². The normalized spacial score (nSPS) is 10.1. The van der Waals surface area contributed by atoms with Crippen molar-refractivity contribution in [2.24, 2.45) is 0 Å². The van der Waals surface area contributed by atoms with E-state index in [9.17, 15) is 0 Å². The fourth-order valence-corrected chi connectivity index (χ4v) is 2.30. The molecule has 0 spiro atoms. The second kappa shape index (κ2) is 8.34. The highest BCUT2D eigenvalue weighted by atomic mass is 32.1. The van der Waals surface area contributed by atoms with Crippen molar-refractivity contribution >= 4 is 23.1 Å². The summed E-state index contributed by atoms with van der Waals surface area (Å²) < 4.78 is 5.22. The van der Waals surface area contributed by atoms with Crippen LogP contribution in [-0.2, 0) is 6.42 Å². The molecule has 0 saturated heterocycles. The summed E-state index contributed by atoms with van der Waals surface area (Å²) in [6.07, 6.45) is 1.98. The van der Waals surface area contributed by atoms with E-state index in [4.69, 9.17) is 17.0 Å². The molecule has 116 valence electrons. The molecule has 0 amide bonds. The van der Waals surface area contributed by atoms with Crippen molar-refractivity contribution in [2.75, 3.05) is 19.0 Å². The Bertz CT molecular complexity index is 631. The SMILES string of the molecule is COc1cccc(CCCNC(=S)Nc2cccc(C)n2)c1. The van der Waals surface area contributed by atoms with Gasteiger partial charge in [-0.3, -0.25) is 0 Å². The van der Waals surface area contributed by atoms with Crippen LogP contribution in [0, 0.1) is 6.92 Å². The molecule has 0 bridgehead atoms. The molecule has 1 aromatic heterocycles. The van der Waals surface area contributed by atoms with E-state index >= 15 is 0 Å². The minimum absolute atomic E-state index is 0.601. The molecular formula is C17H21N3OS. The van der Waals surface area contributed by atoms with Crippen LogP contribution in [0.4, 0.5) is 5.82 Å². The highest BCUT2D eigenvalue weighted by Crippen LogP contribution is 2.13. The summed E-state index contributed by atoms with van der Waals surface area (Å²) in [5.41, 5.74) is 2.23. The Morgan fingerprint density at radius 3 is 2.82 bits per heavy atom. The van der Waals surface area contributed by atoms with Gasteiger partial charge in [-0.2, -0.15) is 0 Å². The number of hydrogen-bond donors (Lipinski definition) is 2.